The van der Waals surface area contributed by atoms with Gasteiger partial charge in [-0.05, 0) is 30.7 Å². The van der Waals surface area contributed by atoms with Crippen molar-refractivity contribution in [1.29, 1.82) is 0 Å². The molecule has 0 radical (unpaired) electrons. The molecule has 2 rings (SSSR count). The molecule has 15 heavy (non-hydrogen) atoms. The smallest absolute Gasteiger partial charge is 0.211 e. The minimum atomic E-state index is 0.672. The standard InChI is InChI=1S/C11H13ClN2O/c12-10-2-4-11(5-3-10)14-7-1-6-13(8-14)9-15/h2-5,9H,1,6-8H2. The van der Waals surface area contributed by atoms with E-state index in [0.29, 0.717) is 6.67 Å². The molecule has 0 aliphatic carbocycles. The summed E-state index contributed by atoms with van der Waals surface area (Å²) in [6.07, 6.45) is 1.92. The van der Waals surface area contributed by atoms with E-state index in [9.17, 15) is 4.79 Å². The van der Waals surface area contributed by atoms with Gasteiger partial charge in [-0.1, -0.05) is 11.6 Å². The van der Waals surface area contributed by atoms with Crippen LogP contribution in [0.25, 0.3) is 0 Å². The van der Waals surface area contributed by atoms with Crippen molar-refractivity contribution in [3.8, 4) is 0 Å². The van der Waals surface area contributed by atoms with Crippen LogP contribution in [0.4, 0.5) is 5.69 Å². The van der Waals surface area contributed by atoms with E-state index in [1.165, 1.54) is 0 Å². The summed E-state index contributed by atoms with van der Waals surface area (Å²) in [6, 6.07) is 7.71. The van der Waals surface area contributed by atoms with Crippen molar-refractivity contribution >= 4 is 23.7 Å². The molecule has 0 spiro atoms. The molecule has 4 heteroatoms. The van der Waals surface area contributed by atoms with Gasteiger partial charge in [0.1, 0.15) is 0 Å². The van der Waals surface area contributed by atoms with Crippen LogP contribution >= 0.6 is 11.6 Å². The lowest BCUT2D eigenvalue weighted by Gasteiger charge is -2.34. The predicted molar refractivity (Wildman–Crippen MR) is 61.1 cm³/mol. The maximum atomic E-state index is 10.7. The van der Waals surface area contributed by atoms with Crippen molar-refractivity contribution in [3.05, 3.63) is 29.3 Å². The summed E-state index contributed by atoms with van der Waals surface area (Å²) >= 11 is 5.82. The number of hydrogen-bond acceptors (Lipinski definition) is 2. The Morgan fingerprint density at radius 1 is 1.20 bits per heavy atom. The first kappa shape index (κ1) is 10.3. The minimum absolute atomic E-state index is 0.672. The topological polar surface area (TPSA) is 23.6 Å². The molecule has 1 aromatic rings. The summed E-state index contributed by atoms with van der Waals surface area (Å²) in [7, 11) is 0. The molecule has 0 atom stereocenters. The summed E-state index contributed by atoms with van der Waals surface area (Å²) in [5.41, 5.74) is 1.12. The molecule has 1 amide bonds. The molecule has 1 aliphatic rings. The zero-order valence-electron chi connectivity index (χ0n) is 8.40. The van der Waals surface area contributed by atoms with Gasteiger partial charge in [0.25, 0.3) is 0 Å². The van der Waals surface area contributed by atoms with Crippen LogP contribution in [-0.2, 0) is 4.79 Å². The van der Waals surface area contributed by atoms with Gasteiger partial charge in [0.05, 0.1) is 6.67 Å². The number of halogens is 1. The molecule has 0 N–H and O–H groups in total. The van der Waals surface area contributed by atoms with Gasteiger partial charge in [0.2, 0.25) is 6.41 Å². The lowest BCUT2D eigenvalue weighted by molar-refractivity contribution is -0.118. The number of carbonyl (C=O) groups is 1. The number of nitrogens with zero attached hydrogens (tertiary/aromatic N) is 2. The van der Waals surface area contributed by atoms with E-state index in [1.807, 2.05) is 24.3 Å². The van der Waals surface area contributed by atoms with E-state index >= 15 is 0 Å². The van der Waals surface area contributed by atoms with E-state index < -0.39 is 0 Å². The average molecular weight is 225 g/mol. The first-order valence-corrected chi connectivity index (χ1v) is 5.37. The second-order valence-corrected chi connectivity index (χ2v) is 4.09. The van der Waals surface area contributed by atoms with Gasteiger partial charge in [-0.15, -0.1) is 0 Å². The molecule has 1 aromatic carbocycles. The van der Waals surface area contributed by atoms with Crippen LogP contribution in [0, 0.1) is 0 Å². The van der Waals surface area contributed by atoms with Crippen molar-refractivity contribution in [1.82, 2.24) is 4.90 Å². The second kappa shape index (κ2) is 4.53. The zero-order valence-corrected chi connectivity index (χ0v) is 9.15. The Balaban J connectivity index is 2.09. The molecule has 80 valence electrons. The molecule has 0 aromatic heterocycles. The van der Waals surface area contributed by atoms with Crippen LogP contribution in [0.2, 0.25) is 5.02 Å². The lowest BCUT2D eigenvalue weighted by Crippen LogP contribution is -2.44. The van der Waals surface area contributed by atoms with E-state index in [-0.39, 0.29) is 0 Å². The molecule has 3 nitrogen and oxygen atoms in total. The Bertz CT molecular complexity index is 339. The van der Waals surface area contributed by atoms with E-state index in [0.717, 1.165) is 36.6 Å². The van der Waals surface area contributed by atoms with Crippen molar-refractivity contribution in [2.45, 2.75) is 6.42 Å². The van der Waals surface area contributed by atoms with Crippen LogP contribution in [0.5, 0.6) is 0 Å². The highest BCUT2D eigenvalue weighted by Crippen LogP contribution is 2.20. The lowest BCUT2D eigenvalue weighted by atomic mass is 10.2. The number of rotatable bonds is 2. The summed E-state index contributed by atoms with van der Waals surface area (Å²) < 4.78 is 0. The van der Waals surface area contributed by atoms with Gasteiger partial charge in [0, 0.05) is 23.8 Å². The molecule has 0 unspecified atom stereocenters. The number of anilines is 1. The Labute approximate surface area is 94.2 Å². The highest BCUT2D eigenvalue weighted by atomic mass is 35.5. The molecule has 1 fully saturated rings. The third kappa shape index (κ3) is 2.42. The van der Waals surface area contributed by atoms with Gasteiger partial charge < -0.3 is 9.80 Å². The monoisotopic (exact) mass is 224 g/mol. The van der Waals surface area contributed by atoms with Gasteiger partial charge in [0.15, 0.2) is 0 Å². The normalized spacial score (nSPS) is 16.6. The number of hydrogen-bond donors (Lipinski definition) is 0. The van der Waals surface area contributed by atoms with E-state index in [2.05, 4.69) is 4.90 Å². The molecule has 1 saturated heterocycles. The fraction of sp³-hybridized carbons (Fsp3) is 0.364. The van der Waals surface area contributed by atoms with E-state index in [1.54, 1.807) is 4.90 Å². The van der Waals surface area contributed by atoms with Crippen LogP contribution < -0.4 is 4.90 Å². The third-order valence-electron chi connectivity index (χ3n) is 2.57. The summed E-state index contributed by atoms with van der Waals surface area (Å²) in [4.78, 5) is 14.6. The number of benzene rings is 1. The summed E-state index contributed by atoms with van der Waals surface area (Å²) in [5, 5.41) is 0.739. The van der Waals surface area contributed by atoms with Gasteiger partial charge >= 0.3 is 0 Å². The highest BCUT2D eigenvalue weighted by Gasteiger charge is 2.15. The Hall–Kier alpha value is -1.22. The molecule has 1 heterocycles. The van der Waals surface area contributed by atoms with Crippen molar-refractivity contribution < 1.29 is 4.79 Å². The molecule has 1 aliphatic heterocycles. The first-order chi connectivity index (χ1) is 7.29. The molecule has 0 bridgehead atoms. The maximum absolute atomic E-state index is 10.7. The minimum Gasteiger partial charge on any atom is -0.354 e. The second-order valence-electron chi connectivity index (χ2n) is 3.65. The third-order valence-corrected chi connectivity index (χ3v) is 2.82. The van der Waals surface area contributed by atoms with E-state index in [4.69, 9.17) is 11.6 Å². The van der Waals surface area contributed by atoms with Crippen molar-refractivity contribution in [2.24, 2.45) is 0 Å². The van der Waals surface area contributed by atoms with Crippen molar-refractivity contribution in [2.75, 3.05) is 24.7 Å². The SMILES string of the molecule is O=CN1CCCN(c2ccc(Cl)cc2)C1. The summed E-state index contributed by atoms with van der Waals surface area (Å²) in [5.74, 6) is 0. The Morgan fingerprint density at radius 2 is 1.93 bits per heavy atom. The van der Waals surface area contributed by atoms with Crippen LogP contribution in [0.3, 0.4) is 0 Å². The largest absolute Gasteiger partial charge is 0.354 e. The fourth-order valence-electron chi connectivity index (χ4n) is 1.77. The summed E-state index contributed by atoms with van der Waals surface area (Å²) in [6.45, 7) is 2.52. The van der Waals surface area contributed by atoms with Gasteiger partial charge in [-0.25, -0.2) is 0 Å². The van der Waals surface area contributed by atoms with Gasteiger partial charge in [-0.2, -0.15) is 0 Å². The van der Waals surface area contributed by atoms with Crippen LogP contribution in [0.1, 0.15) is 6.42 Å². The number of carbonyl (C=O) groups excluding carboxylic acids is 1. The van der Waals surface area contributed by atoms with Crippen LogP contribution in [0.15, 0.2) is 24.3 Å². The predicted octanol–water partition coefficient (Wildman–Crippen LogP) is 1.97. The first-order valence-electron chi connectivity index (χ1n) is 4.99. The Morgan fingerprint density at radius 3 is 2.60 bits per heavy atom. The van der Waals surface area contributed by atoms with Crippen LogP contribution in [-0.4, -0.2) is 31.1 Å². The maximum Gasteiger partial charge on any atom is 0.211 e. The molecule has 0 saturated carbocycles. The highest BCUT2D eigenvalue weighted by molar-refractivity contribution is 6.30. The van der Waals surface area contributed by atoms with Crippen molar-refractivity contribution in [3.63, 3.8) is 0 Å². The molecular formula is C11H13ClN2O. The quantitative estimate of drug-likeness (QED) is 0.718. The zero-order chi connectivity index (χ0) is 10.7. The van der Waals surface area contributed by atoms with Gasteiger partial charge in [-0.3, -0.25) is 4.79 Å². The molecular weight excluding hydrogens is 212 g/mol. The average Bonchev–Trinajstić information content (AvgIpc) is 2.30. The Kier molecular flexibility index (Phi) is 3.11. The number of amides is 1. The fourth-order valence-corrected chi connectivity index (χ4v) is 1.90.